The van der Waals surface area contributed by atoms with Crippen LogP contribution >= 0.6 is 0 Å². The van der Waals surface area contributed by atoms with Crippen molar-refractivity contribution in [1.82, 2.24) is 5.32 Å². The van der Waals surface area contributed by atoms with Crippen LogP contribution in [0.1, 0.15) is 0 Å². The highest BCUT2D eigenvalue weighted by Gasteiger charge is 2.24. The maximum Gasteiger partial charge on any atom is 0.184 e. The summed E-state index contributed by atoms with van der Waals surface area (Å²) in [6, 6.07) is 0. The summed E-state index contributed by atoms with van der Waals surface area (Å²) in [5.74, 6) is -0.271. The first-order valence-electron chi connectivity index (χ1n) is 4.57. The number of hydrogen-bond donors (Lipinski definition) is 1. The Morgan fingerprint density at radius 1 is 1.36 bits per heavy atom. The zero-order chi connectivity index (χ0) is 9.97. The second-order valence-electron chi connectivity index (χ2n) is 3.26. The molecule has 2 rings (SSSR count). The van der Waals surface area contributed by atoms with Crippen LogP contribution in [0.5, 0.6) is 0 Å². The molecule has 0 aromatic rings. The van der Waals surface area contributed by atoms with Crippen LogP contribution in [0.2, 0.25) is 0 Å². The molecule has 2 aliphatic rings. The predicted molar refractivity (Wildman–Crippen MR) is 49.8 cm³/mol. The van der Waals surface area contributed by atoms with Gasteiger partial charge in [-0.2, -0.15) is 0 Å². The minimum atomic E-state index is -0.273. The van der Waals surface area contributed by atoms with Gasteiger partial charge in [0.1, 0.15) is 0 Å². The van der Waals surface area contributed by atoms with Crippen LogP contribution in [0.4, 0.5) is 0 Å². The molecule has 1 aliphatic carbocycles. The maximum atomic E-state index is 11.4. The molecule has 0 bridgehead atoms. The number of nitrogens with one attached hydrogen (secondary N) is 1. The summed E-state index contributed by atoms with van der Waals surface area (Å²) in [5.41, 5.74) is 0.463. The van der Waals surface area contributed by atoms with E-state index < -0.39 is 0 Å². The van der Waals surface area contributed by atoms with E-state index in [1.807, 2.05) is 0 Å². The molecule has 0 aromatic heterocycles. The molecule has 1 N–H and O–H groups in total. The third-order valence-corrected chi connectivity index (χ3v) is 2.26. The molecular formula is C10H11NO3. The van der Waals surface area contributed by atoms with Crippen LogP contribution in [0.25, 0.3) is 0 Å². The van der Waals surface area contributed by atoms with E-state index in [1.54, 1.807) is 0 Å². The van der Waals surface area contributed by atoms with Crippen molar-refractivity contribution in [3.05, 3.63) is 23.8 Å². The molecule has 1 heterocycles. The van der Waals surface area contributed by atoms with Crippen LogP contribution in [0.15, 0.2) is 23.8 Å². The minimum Gasteiger partial charge on any atom is -0.371 e. The molecular weight excluding hydrogens is 182 g/mol. The molecule has 1 saturated heterocycles. The number of rotatable bonds is 1. The molecule has 1 atom stereocenters. The van der Waals surface area contributed by atoms with Crippen LogP contribution < -0.4 is 5.32 Å². The van der Waals surface area contributed by atoms with E-state index in [-0.39, 0.29) is 17.7 Å². The highest BCUT2D eigenvalue weighted by molar-refractivity contribution is 6.17. The molecule has 0 amide bonds. The summed E-state index contributed by atoms with van der Waals surface area (Å²) in [5, 5.41) is 3.11. The van der Waals surface area contributed by atoms with Gasteiger partial charge in [0.25, 0.3) is 0 Å². The molecule has 1 unspecified atom stereocenters. The fraction of sp³-hybridized carbons (Fsp3) is 0.400. The van der Waals surface area contributed by atoms with E-state index in [0.717, 1.165) is 6.54 Å². The van der Waals surface area contributed by atoms with Crippen molar-refractivity contribution >= 4 is 11.6 Å². The standard InChI is InChI=1S/C10H11NO3/c12-7-1-2-9(13)8(5-7)10-6-11-3-4-14-10/h1-2,5,10-11H,3-4,6H2. The Balaban J connectivity index is 2.15. The summed E-state index contributed by atoms with van der Waals surface area (Å²) in [4.78, 5) is 22.5. The van der Waals surface area contributed by atoms with E-state index in [1.165, 1.54) is 18.2 Å². The van der Waals surface area contributed by atoms with Gasteiger partial charge in [-0.3, -0.25) is 9.59 Å². The van der Waals surface area contributed by atoms with Crippen LogP contribution in [0.3, 0.4) is 0 Å². The van der Waals surface area contributed by atoms with Crippen molar-refractivity contribution in [2.45, 2.75) is 6.10 Å². The largest absolute Gasteiger partial charge is 0.371 e. The van der Waals surface area contributed by atoms with Gasteiger partial charge in [-0.1, -0.05) is 0 Å². The summed E-state index contributed by atoms with van der Waals surface area (Å²) in [6.45, 7) is 1.97. The van der Waals surface area contributed by atoms with Crippen molar-refractivity contribution in [1.29, 1.82) is 0 Å². The van der Waals surface area contributed by atoms with Gasteiger partial charge in [0, 0.05) is 18.7 Å². The highest BCUT2D eigenvalue weighted by atomic mass is 16.5. The first-order valence-corrected chi connectivity index (χ1v) is 4.57. The van der Waals surface area contributed by atoms with Crippen molar-refractivity contribution in [3.8, 4) is 0 Å². The zero-order valence-electron chi connectivity index (χ0n) is 7.66. The van der Waals surface area contributed by atoms with Crippen LogP contribution in [-0.4, -0.2) is 37.4 Å². The number of ketones is 2. The normalized spacial score (nSPS) is 27.7. The van der Waals surface area contributed by atoms with Gasteiger partial charge in [-0.15, -0.1) is 0 Å². The van der Waals surface area contributed by atoms with Crippen molar-refractivity contribution in [3.63, 3.8) is 0 Å². The number of carbonyl (C=O) groups excluding carboxylic acids is 2. The molecule has 0 radical (unpaired) electrons. The van der Waals surface area contributed by atoms with Gasteiger partial charge in [-0.05, 0) is 18.2 Å². The monoisotopic (exact) mass is 193 g/mol. The summed E-state index contributed by atoms with van der Waals surface area (Å²) in [6.07, 6.45) is 3.67. The average molecular weight is 193 g/mol. The van der Waals surface area contributed by atoms with Crippen LogP contribution in [0, 0.1) is 0 Å². The predicted octanol–water partition coefficient (Wildman–Crippen LogP) is -0.391. The Hall–Kier alpha value is -1.26. The molecule has 74 valence electrons. The van der Waals surface area contributed by atoms with Gasteiger partial charge in [0.15, 0.2) is 11.6 Å². The number of ether oxygens (including phenoxy) is 1. The lowest BCUT2D eigenvalue weighted by Gasteiger charge is -2.25. The molecule has 4 heteroatoms. The smallest absolute Gasteiger partial charge is 0.184 e. The molecule has 0 spiro atoms. The van der Waals surface area contributed by atoms with Crippen molar-refractivity contribution in [2.24, 2.45) is 0 Å². The lowest BCUT2D eigenvalue weighted by molar-refractivity contribution is -0.115. The van der Waals surface area contributed by atoms with Crippen molar-refractivity contribution in [2.75, 3.05) is 19.7 Å². The number of allylic oxidation sites excluding steroid dienone is 3. The number of carbonyl (C=O) groups is 2. The van der Waals surface area contributed by atoms with E-state index in [2.05, 4.69) is 5.32 Å². The van der Waals surface area contributed by atoms with E-state index in [4.69, 9.17) is 4.74 Å². The quantitative estimate of drug-likeness (QED) is 0.576. The molecule has 14 heavy (non-hydrogen) atoms. The van der Waals surface area contributed by atoms with Gasteiger partial charge < -0.3 is 10.1 Å². The summed E-state index contributed by atoms with van der Waals surface area (Å²) in [7, 11) is 0. The second kappa shape index (κ2) is 3.86. The lowest BCUT2D eigenvalue weighted by Crippen LogP contribution is -2.41. The SMILES string of the molecule is O=C1C=CC(=O)C(C2CNCCO2)=C1. The summed E-state index contributed by atoms with van der Waals surface area (Å²) < 4.78 is 5.40. The lowest BCUT2D eigenvalue weighted by atomic mass is 9.98. The topological polar surface area (TPSA) is 55.4 Å². The molecule has 1 fully saturated rings. The van der Waals surface area contributed by atoms with Crippen molar-refractivity contribution < 1.29 is 14.3 Å². The van der Waals surface area contributed by atoms with E-state index >= 15 is 0 Å². The average Bonchev–Trinajstić information content (AvgIpc) is 2.23. The summed E-state index contributed by atoms with van der Waals surface area (Å²) >= 11 is 0. The zero-order valence-corrected chi connectivity index (χ0v) is 7.66. The number of hydrogen-bond acceptors (Lipinski definition) is 4. The highest BCUT2D eigenvalue weighted by Crippen LogP contribution is 2.14. The second-order valence-corrected chi connectivity index (χ2v) is 3.26. The maximum absolute atomic E-state index is 11.4. The molecule has 4 nitrogen and oxygen atoms in total. The van der Waals surface area contributed by atoms with Gasteiger partial charge in [0.05, 0.1) is 12.7 Å². The Kier molecular flexibility index (Phi) is 2.56. The Bertz CT molecular complexity index is 324. The Labute approximate surface area is 81.6 Å². The van der Waals surface area contributed by atoms with Crippen LogP contribution in [-0.2, 0) is 14.3 Å². The first-order chi connectivity index (χ1) is 6.77. The fourth-order valence-corrected chi connectivity index (χ4v) is 1.54. The van der Waals surface area contributed by atoms with Gasteiger partial charge >= 0.3 is 0 Å². The Morgan fingerprint density at radius 2 is 2.21 bits per heavy atom. The van der Waals surface area contributed by atoms with E-state index in [0.29, 0.717) is 18.7 Å². The molecule has 1 aliphatic heterocycles. The molecule has 0 saturated carbocycles. The third-order valence-electron chi connectivity index (χ3n) is 2.26. The first kappa shape index (κ1) is 9.30. The van der Waals surface area contributed by atoms with Gasteiger partial charge in [-0.25, -0.2) is 0 Å². The fourth-order valence-electron chi connectivity index (χ4n) is 1.54. The Morgan fingerprint density at radius 3 is 2.93 bits per heavy atom. The van der Waals surface area contributed by atoms with Gasteiger partial charge in [0.2, 0.25) is 0 Å². The minimum absolute atomic E-state index is 0.127. The molecule has 0 aromatic carbocycles. The number of morpholine rings is 1. The van der Waals surface area contributed by atoms with E-state index in [9.17, 15) is 9.59 Å². The third kappa shape index (κ3) is 1.81.